The maximum absolute atomic E-state index is 14.9. The molecule has 1 aliphatic heterocycles. The maximum Gasteiger partial charge on any atom is 0.341 e. The van der Waals surface area contributed by atoms with Gasteiger partial charge < -0.3 is 26.2 Å². The van der Waals surface area contributed by atoms with Crippen molar-refractivity contribution in [2.24, 2.45) is 5.73 Å². The molecule has 9 nitrogen and oxygen atoms in total. The highest BCUT2D eigenvalue weighted by atomic mass is 19.1. The van der Waals surface area contributed by atoms with Crippen molar-refractivity contribution in [1.29, 1.82) is 0 Å². The van der Waals surface area contributed by atoms with Gasteiger partial charge >= 0.3 is 5.97 Å². The van der Waals surface area contributed by atoms with Gasteiger partial charge in [-0.1, -0.05) is 0 Å². The van der Waals surface area contributed by atoms with Gasteiger partial charge in [0.1, 0.15) is 17.2 Å². The lowest BCUT2D eigenvalue weighted by atomic mass is 10.1. The first-order valence-electron chi connectivity index (χ1n) is 9.39. The molecule has 1 fully saturated rings. The van der Waals surface area contributed by atoms with Crippen LogP contribution in [0.1, 0.15) is 10.4 Å². The summed E-state index contributed by atoms with van der Waals surface area (Å²) in [6.45, 7) is 0.408. The van der Waals surface area contributed by atoms with Gasteiger partial charge in [-0.3, -0.25) is 9.36 Å². The van der Waals surface area contributed by atoms with Crippen molar-refractivity contribution in [2.45, 2.75) is 12.1 Å². The predicted octanol–water partition coefficient (Wildman–Crippen LogP) is 1.25. The molecule has 5 N–H and O–H groups in total. The highest BCUT2D eigenvalue weighted by Gasteiger charge is 2.33. The number of carbonyl (C=O) groups is 1. The summed E-state index contributed by atoms with van der Waals surface area (Å²) in [5.74, 6) is -4.80. The Labute approximate surface area is 178 Å². The van der Waals surface area contributed by atoms with Crippen molar-refractivity contribution in [3.05, 3.63) is 57.6 Å². The molecular formula is C20H18F3N5O4. The second-order valence-electron chi connectivity index (χ2n) is 7.38. The Morgan fingerprint density at radius 1 is 1.19 bits per heavy atom. The van der Waals surface area contributed by atoms with Crippen LogP contribution in [-0.2, 0) is 4.74 Å². The fourth-order valence-electron chi connectivity index (χ4n) is 3.73. The van der Waals surface area contributed by atoms with Crippen LogP contribution in [0.2, 0.25) is 0 Å². The molecule has 1 saturated heterocycles. The van der Waals surface area contributed by atoms with E-state index >= 15 is 0 Å². The molecule has 0 bridgehead atoms. The number of hydrogen-bond acceptors (Lipinski definition) is 7. The Bertz CT molecular complexity index is 1310. The molecule has 0 unspecified atom stereocenters. The zero-order chi connectivity index (χ0) is 23.3. The topological polar surface area (TPSA) is 137 Å². The zero-order valence-electron chi connectivity index (χ0n) is 16.7. The summed E-state index contributed by atoms with van der Waals surface area (Å²) in [5.41, 5.74) is 8.76. The van der Waals surface area contributed by atoms with Gasteiger partial charge in [0.15, 0.2) is 17.3 Å². The number of nitrogen functional groups attached to an aromatic ring is 1. The van der Waals surface area contributed by atoms with Crippen molar-refractivity contribution in [3.8, 4) is 5.69 Å². The van der Waals surface area contributed by atoms with Crippen molar-refractivity contribution in [2.75, 3.05) is 30.8 Å². The summed E-state index contributed by atoms with van der Waals surface area (Å²) in [4.78, 5) is 29.9. The van der Waals surface area contributed by atoms with Crippen LogP contribution in [0, 0.1) is 17.5 Å². The molecule has 1 aliphatic rings. The lowest BCUT2D eigenvalue weighted by Crippen LogP contribution is -2.34. The van der Waals surface area contributed by atoms with Crippen LogP contribution in [-0.4, -0.2) is 53.0 Å². The maximum atomic E-state index is 14.9. The van der Waals surface area contributed by atoms with Gasteiger partial charge in [-0.05, 0) is 12.1 Å². The molecule has 3 heterocycles. The molecule has 168 valence electrons. The summed E-state index contributed by atoms with van der Waals surface area (Å²) < 4.78 is 49.4. The lowest BCUT2D eigenvalue weighted by molar-refractivity contribution is 0.0695. The molecule has 0 amide bonds. The summed E-state index contributed by atoms with van der Waals surface area (Å²) in [5, 5.41) is 9.00. The molecule has 2 atom stereocenters. The molecule has 0 radical (unpaired) electrons. The van der Waals surface area contributed by atoms with Crippen LogP contribution in [0.3, 0.4) is 0 Å². The lowest BCUT2D eigenvalue weighted by Gasteiger charge is -2.20. The van der Waals surface area contributed by atoms with Crippen LogP contribution in [0.25, 0.3) is 16.7 Å². The van der Waals surface area contributed by atoms with Gasteiger partial charge in [0.2, 0.25) is 5.43 Å². The minimum Gasteiger partial charge on any atom is -0.477 e. The molecule has 0 saturated carbocycles. The third kappa shape index (κ3) is 3.42. The number of rotatable bonds is 4. The third-order valence-corrected chi connectivity index (χ3v) is 5.38. The molecule has 32 heavy (non-hydrogen) atoms. The van der Waals surface area contributed by atoms with E-state index in [-0.39, 0.29) is 30.2 Å². The van der Waals surface area contributed by atoms with Gasteiger partial charge in [0.25, 0.3) is 0 Å². The number of nitrogens with two attached hydrogens (primary N) is 2. The number of aromatic carboxylic acids is 1. The van der Waals surface area contributed by atoms with E-state index in [1.54, 1.807) is 0 Å². The van der Waals surface area contributed by atoms with Crippen LogP contribution in [0.4, 0.5) is 24.7 Å². The number of hydrogen-bond donors (Lipinski definition) is 3. The van der Waals surface area contributed by atoms with E-state index in [1.165, 1.54) is 12.0 Å². The van der Waals surface area contributed by atoms with Crippen molar-refractivity contribution < 1.29 is 27.8 Å². The molecule has 0 spiro atoms. The summed E-state index contributed by atoms with van der Waals surface area (Å²) in [6, 6.07) is 1.85. The monoisotopic (exact) mass is 449 g/mol. The zero-order valence-corrected chi connectivity index (χ0v) is 16.7. The SMILES string of the molecule is CO[C@@H]1CN(c2nc3c(cc2F)c(=O)c(C(=O)O)cn3-c2cc(N)c(F)cc2F)C[C@@H]1N. The molecule has 0 aliphatic carbocycles. The first kappa shape index (κ1) is 21.6. The number of pyridine rings is 2. The van der Waals surface area contributed by atoms with Gasteiger partial charge in [-0.25, -0.2) is 22.9 Å². The number of methoxy groups -OCH3 is 1. The highest BCUT2D eigenvalue weighted by Crippen LogP contribution is 2.28. The highest BCUT2D eigenvalue weighted by molar-refractivity contribution is 5.92. The molecule has 1 aromatic carbocycles. The number of aromatic nitrogens is 2. The van der Waals surface area contributed by atoms with Crippen LogP contribution >= 0.6 is 0 Å². The van der Waals surface area contributed by atoms with E-state index in [2.05, 4.69) is 4.98 Å². The van der Waals surface area contributed by atoms with Crippen LogP contribution in [0.5, 0.6) is 0 Å². The Morgan fingerprint density at radius 3 is 2.53 bits per heavy atom. The molecule has 3 aromatic rings. The second kappa shape index (κ2) is 7.80. The number of halogens is 3. The fraction of sp³-hybridized carbons (Fsp3) is 0.250. The van der Waals surface area contributed by atoms with Gasteiger partial charge in [0.05, 0.1) is 28.9 Å². The first-order valence-corrected chi connectivity index (χ1v) is 9.39. The third-order valence-electron chi connectivity index (χ3n) is 5.38. The Hall–Kier alpha value is -3.64. The summed E-state index contributed by atoms with van der Waals surface area (Å²) in [7, 11) is 1.46. The molecule has 2 aromatic heterocycles. The standard InChI is InChI=1S/C20H18F3N5O4/c1-32-16-7-27(6-14(16)25)19-12(23)2-8-17(29)9(20(30)31)5-28(18(8)26-19)15-4-13(24)10(21)3-11(15)22/h2-5,14,16H,6-7,24-25H2,1H3,(H,30,31)/t14-,16+/m0/s1. The van der Waals surface area contributed by atoms with Crippen LogP contribution < -0.4 is 21.8 Å². The van der Waals surface area contributed by atoms with Crippen molar-refractivity contribution in [3.63, 3.8) is 0 Å². The number of carboxylic acid groups (broad SMARTS) is 1. The summed E-state index contributed by atoms with van der Waals surface area (Å²) in [6.07, 6.45) is 0.448. The van der Waals surface area contributed by atoms with E-state index in [0.29, 0.717) is 6.07 Å². The van der Waals surface area contributed by atoms with E-state index in [4.69, 9.17) is 16.2 Å². The normalized spacial score (nSPS) is 18.5. The Balaban J connectivity index is 2.02. The smallest absolute Gasteiger partial charge is 0.341 e. The number of fused-ring (bicyclic) bond motifs is 1. The summed E-state index contributed by atoms with van der Waals surface area (Å²) >= 11 is 0. The number of carboxylic acids is 1. The number of anilines is 2. The van der Waals surface area contributed by atoms with Crippen molar-refractivity contribution >= 4 is 28.5 Å². The Kier molecular flexibility index (Phi) is 5.26. The van der Waals surface area contributed by atoms with E-state index in [0.717, 1.165) is 22.9 Å². The fourth-order valence-corrected chi connectivity index (χ4v) is 3.73. The molecule has 12 heteroatoms. The number of benzene rings is 1. The Morgan fingerprint density at radius 2 is 1.91 bits per heavy atom. The van der Waals surface area contributed by atoms with Gasteiger partial charge in [-0.15, -0.1) is 0 Å². The van der Waals surface area contributed by atoms with Gasteiger partial charge in [0, 0.05) is 32.5 Å². The largest absolute Gasteiger partial charge is 0.477 e. The van der Waals surface area contributed by atoms with E-state index in [9.17, 15) is 27.9 Å². The number of ether oxygens (including phenoxy) is 1. The van der Waals surface area contributed by atoms with Crippen molar-refractivity contribution in [1.82, 2.24) is 9.55 Å². The van der Waals surface area contributed by atoms with E-state index < -0.39 is 57.6 Å². The van der Waals surface area contributed by atoms with Crippen LogP contribution in [0.15, 0.2) is 29.2 Å². The predicted molar refractivity (Wildman–Crippen MR) is 110 cm³/mol. The first-order chi connectivity index (χ1) is 15.1. The van der Waals surface area contributed by atoms with E-state index in [1.807, 2.05) is 0 Å². The second-order valence-corrected chi connectivity index (χ2v) is 7.38. The quantitative estimate of drug-likeness (QED) is 0.506. The minimum atomic E-state index is -1.61. The van der Waals surface area contributed by atoms with Gasteiger partial charge in [-0.2, -0.15) is 0 Å². The number of nitrogens with zero attached hydrogens (tertiary/aromatic N) is 3. The minimum absolute atomic E-state index is 0.181. The molecule has 4 rings (SSSR count). The average Bonchev–Trinajstić information content (AvgIpc) is 3.11. The average molecular weight is 449 g/mol. The molecular weight excluding hydrogens is 431 g/mol.